The molecule has 0 aliphatic heterocycles. The van der Waals surface area contributed by atoms with Gasteiger partial charge >= 0.3 is 0 Å². The number of hydrogen-bond donors (Lipinski definition) is 1. The Bertz CT molecular complexity index is 340. The van der Waals surface area contributed by atoms with E-state index >= 15 is 0 Å². The molecule has 3 nitrogen and oxygen atoms in total. The largest absolute Gasteiger partial charge is 0.385 e. The van der Waals surface area contributed by atoms with Crippen LogP contribution in [-0.2, 0) is 4.74 Å². The second-order valence-corrected chi connectivity index (χ2v) is 3.76. The molecule has 86 valence electrons. The predicted molar refractivity (Wildman–Crippen MR) is 64.1 cm³/mol. The van der Waals surface area contributed by atoms with Crippen molar-refractivity contribution in [3.63, 3.8) is 0 Å². The Labute approximate surface area is 97.0 Å². The Kier molecular flexibility index (Phi) is 5.55. The first-order chi connectivity index (χ1) is 7.77. The molecule has 0 heterocycles. The van der Waals surface area contributed by atoms with Gasteiger partial charge < -0.3 is 10.1 Å². The zero-order valence-corrected chi connectivity index (χ0v) is 9.86. The maximum Gasteiger partial charge on any atom is 0.0991 e. The number of benzene rings is 1. The van der Waals surface area contributed by atoms with Gasteiger partial charge in [-0.1, -0.05) is 12.1 Å². The monoisotopic (exact) mass is 218 g/mol. The van der Waals surface area contributed by atoms with Crippen molar-refractivity contribution in [1.82, 2.24) is 5.32 Å². The number of methoxy groups -OCH3 is 1. The molecule has 0 aliphatic rings. The maximum atomic E-state index is 8.69. The quantitative estimate of drug-likeness (QED) is 0.745. The van der Waals surface area contributed by atoms with Crippen LogP contribution in [0.5, 0.6) is 0 Å². The van der Waals surface area contributed by atoms with E-state index in [1.807, 2.05) is 24.3 Å². The number of ether oxygens (including phenoxy) is 1. The summed E-state index contributed by atoms with van der Waals surface area (Å²) >= 11 is 0. The van der Waals surface area contributed by atoms with Crippen molar-refractivity contribution in [2.75, 3.05) is 20.3 Å². The summed E-state index contributed by atoms with van der Waals surface area (Å²) in [5.41, 5.74) is 1.91. The molecule has 1 aromatic rings. The van der Waals surface area contributed by atoms with Gasteiger partial charge in [0.15, 0.2) is 0 Å². The van der Waals surface area contributed by atoms with Crippen LogP contribution < -0.4 is 5.32 Å². The average molecular weight is 218 g/mol. The van der Waals surface area contributed by atoms with Crippen molar-refractivity contribution >= 4 is 0 Å². The molecule has 0 fully saturated rings. The second-order valence-electron chi connectivity index (χ2n) is 3.76. The fourth-order valence-electron chi connectivity index (χ4n) is 1.50. The molecule has 1 atom stereocenters. The molecule has 0 saturated heterocycles. The molecule has 1 aromatic carbocycles. The van der Waals surface area contributed by atoms with E-state index < -0.39 is 0 Å². The van der Waals surface area contributed by atoms with E-state index in [1.165, 1.54) is 5.56 Å². The molecular formula is C13H18N2O. The van der Waals surface area contributed by atoms with E-state index in [-0.39, 0.29) is 0 Å². The van der Waals surface area contributed by atoms with Crippen molar-refractivity contribution in [3.8, 4) is 6.07 Å². The van der Waals surface area contributed by atoms with E-state index in [0.717, 1.165) is 19.6 Å². The van der Waals surface area contributed by atoms with Crippen molar-refractivity contribution in [2.45, 2.75) is 19.4 Å². The van der Waals surface area contributed by atoms with Gasteiger partial charge in [-0.05, 0) is 37.6 Å². The molecule has 0 bridgehead atoms. The van der Waals surface area contributed by atoms with Crippen molar-refractivity contribution in [3.05, 3.63) is 35.4 Å². The molecule has 0 amide bonds. The summed E-state index contributed by atoms with van der Waals surface area (Å²) in [4.78, 5) is 0. The van der Waals surface area contributed by atoms with E-state index in [0.29, 0.717) is 11.6 Å². The highest BCUT2D eigenvalue weighted by atomic mass is 16.5. The van der Waals surface area contributed by atoms with Crippen molar-refractivity contribution in [1.29, 1.82) is 5.26 Å². The molecule has 16 heavy (non-hydrogen) atoms. The lowest BCUT2D eigenvalue weighted by molar-refractivity contribution is 0.193. The van der Waals surface area contributed by atoms with Crippen LogP contribution in [-0.4, -0.2) is 20.3 Å². The molecule has 1 unspecified atom stereocenters. The van der Waals surface area contributed by atoms with Crippen molar-refractivity contribution < 1.29 is 4.74 Å². The number of nitrogens with one attached hydrogen (secondary N) is 1. The first-order valence-corrected chi connectivity index (χ1v) is 5.50. The SMILES string of the molecule is COCCCNC(C)c1ccc(C#N)cc1. The Morgan fingerprint density at radius 2 is 2.06 bits per heavy atom. The Hall–Kier alpha value is -1.37. The zero-order valence-electron chi connectivity index (χ0n) is 9.86. The average Bonchev–Trinajstić information content (AvgIpc) is 2.34. The molecule has 0 saturated carbocycles. The van der Waals surface area contributed by atoms with Crippen LogP contribution in [0.3, 0.4) is 0 Å². The number of nitrogens with zero attached hydrogens (tertiary/aromatic N) is 1. The van der Waals surface area contributed by atoms with E-state index in [9.17, 15) is 0 Å². The van der Waals surface area contributed by atoms with Gasteiger partial charge in [0.05, 0.1) is 11.6 Å². The van der Waals surface area contributed by atoms with Crippen LogP contribution in [0.4, 0.5) is 0 Å². The van der Waals surface area contributed by atoms with Crippen LogP contribution in [0.1, 0.15) is 30.5 Å². The summed E-state index contributed by atoms with van der Waals surface area (Å²) in [6, 6.07) is 10.1. The first-order valence-electron chi connectivity index (χ1n) is 5.50. The second kappa shape index (κ2) is 7.00. The maximum absolute atomic E-state index is 8.69. The highest BCUT2D eigenvalue weighted by Crippen LogP contribution is 2.12. The fraction of sp³-hybridized carbons (Fsp3) is 0.462. The minimum atomic E-state index is 0.310. The lowest BCUT2D eigenvalue weighted by Gasteiger charge is -2.13. The number of nitriles is 1. The van der Waals surface area contributed by atoms with E-state index in [4.69, 9.17) is 10.00 Å². The van der Waals surface area contributed by atoms with Crippen LogP contribution in [0.2, 0.25) is 0 Å². The highest BCUT2D eigenvalue weighted by Gasteiger charge is 2.03. The molecule has 0 aromatic heterocycles. The van der Waals surface area contributed by atoms with Gasteiger partial charge in [0.25, 0.3) is 0 Å². The minimum absolute atomic E-state index is 0.310. The van der Waals surface area contributed by atoms with Crippen LogP contribution in [0.15, 0.2) is 24.3 Å². The number of rotatable bonds is 6. The third-order valence-electron chi connectivity index (χ3n) is 2.52. The fourth-order valence-corrected chi connectivity index (χ4v) is 1.50. The standard InChI is InChI=1S/C13H18N2O/c1-11(15-8-3-9-16-2)13-6-4-12(10-14)5-7-13/h4-7,11,15H,3,8-9H2,1-2H3. The van der Waals surface area contributed by atoms with Gasteiger partial charge in [-0.3, -0.25) is 0 Å². The van der Waals surface area contributed by atoms with Crippen molar-refractivity contribution in [2.24, 2.45) is 0 Å². The third kappa shape index (κ3) is 4.01. The zero-order chi connectivity index (χ0) is 11.8. The summed E-state index contributed by atoms with van der Waals surface area (Å²) in [6.45, 7) is 3.84. The Balaban J connectivity index is 2.40. The normalized spacial score (nSPS) is 12.1. The topological polar surface area (TPSA) is 45.0 Å². The van der Waals surface area contributed by atoms with Gasteiger partial charge in [-0.15, -0.1) is 0 Å². The number of hydrogen-bond acceptors (Lipinski definition) is 3. The first kappa shape index (κ1) is 12.7. The predicted octanol–water partition coefficient (Wildman–Crippen LogP) is 2.25. The van der Waals surface area contributed by atoms with E-state index in [2.05, 4.69) is 18.3 Å². The Morgan fingerprint density at radius 3 is 2.62 bits per heavy atom. The van der Waals surface area contributed by atoms with Gasteiger partial charge in [0.1, 0.15) is 0 Å². The summed E-state index contributed by atoms with van der Waals surface area (Å²) in [7, 11) is 1.71. The van der Waals surface area contributed by atoms with Gasteiger partial charge in [0.2, 0.25) is 0 Å². The summed E-state index contributed by atoms with van der Waals surface area (Å²) in [6.07, 6.45) is 1.01. The molecule has 3 heteroatoms. The lowest BCUT2D eigenvalue weighted by atomic mass is 10.1. The summed E-state index contributed by atoms with van der Waals surface area (Å²) in [5, 5.41) is 12.1. The van der Waals surface area contributed by atoms with Gasteiger partial charge in [-0.25, -0.2) is 0 Å². The van der Waals surface area contributed by atoms with Crippen LogP contribution >= 0.6 is 0 Å². The molecular weight excluding hydrogens is 200 g/mol. The molecule has 0 spiro atoms. The lowest BCUT2D eigenvalue weighted by Crippen LogP contribution is -2.20. The summed E-state index contributed by atoms with van der Waals surface area (Å²) < 4.78 is 4.98. The van der Waals surface area contributed by atoms with Crippen LogP contribution in [0, 0.1) is 11.3 Å². The molecule has 0 radical (unpaired) electrons. The van der Waals surface area contributed by atoms with Crippen LogP contribution in [0.25, 0.3) is 0 Å². The minimum Gasteiger partial charge on any atom is -0.385 e. The molecule has 0 aliphatic carbocycles. The summed E-state index contributed by atoms with van der Waals surface area (Å²) in [5.74, 6) is 0. The van der Waals surface area contributed by atoms with E-state index in [1.54, 1.807) is 7.11 Å². The van der Waals surface area contributed by atoms with Gasteiger partial charge in [-0.2, -0.15) is 5.26 Å². The molecule has 1 rings (SSSR count). The third-order valence-corrected chi connectivity index (χ3v) is 2.52. The Morgan fingerprint density at radius 1 is 1.38 bits per heavy atom. The smallest absolute Gasteiger partial charge is 0.0991 e. The molecule has 1 N–H and O–H groups in total. The highest BCUT2D eigenvalue weighted by molar-refractivity contribution is 5.32. The van der Waals surface area contributed by atoms with Gasteiger partial charge in [0, 0.05) is 19.8 Å².